The van der Waals surface area contributed by atoms with E-state index in [2.05, 4.69) is 6.07 Å². The van der Waals surface area contributed by atoms with E-state index < -0.39 is 5.97 Å². The van der Waals surface area contributed by atoms with Crippen LogP contribution >= 0.6 is 0 Å². The smallest absolute Gasteiger partial charge is 0.352 e. The van der Waals surface area contributed by atoms with Crippen LogP contribution in [0.25, 0.3) is 10.9 Å². The second-order valence-corrected chi connectivity index (χ2v) is 4.31. The fourth-order valence-corrected chi connectivity index (χ4v) is 2.49. The van der Waals surface area contributed by atoms with Crippen LogP contribution in [0.15, 0.2) is 12.1 Å². The van der Waals surface area contributed by atoms with Crippen LogP contribution in [0.3, 0.4) is 0 Å². The Hall–Kier alpha value is -1.77. The normalized spacial score (nSPS) is 11.0. The molecule has 0 radical (unpaired) electrons. The summed E-state index contributed by atoms with van der Waals surface area (Å²) >= 11 is 0. The third-order valence-electron chi connectivity index (χ3n) is 3.09. The second kappa shape index (κ2) is 3.37. The van der Waals surface area contributed by atoms with Crippen molar-refractivity contribution in [2.24, 2.45) is 7.05 Å². The Morgan fingerprint density at radius 1 is 1.25 bits per heavy atom. The Bertz CT molecular complexity index is 594. The van der Waals surface area contributed by atoms with E-state index in [9.17, 15) is 9.90 Å². The summed E-state index contributed by atoms with van der Waals surface area (Å²) in [5.74, 6) is -0.867. The Morgan fingerprint density at radius 2 is 1.88 bits per heavy atom. The molecule has 2 rings (SSSR count). The number of fused-ring (bicyclic) bond motifs is 1. The minimum absolute atomic E-state index is 0.378. The Kier molecular flexibility index (Phi) is 2.26. The summed E-state index contributed by atoms with van der Waals surface area (Å²) in [4.78, 5) is 11.2. The van der Waals surface area contributed by atoms with Crippen LogP contribution < -0.4 is 0 Å². The van der Waals surface area contributed by atoms with Crippen LogP contribution in [0.1, 0.15) is 27.2 Å². The van der Waals surface area contributed by atoms with Crippen molar-refractivity contribution in [2.75, 3.05) is 0 Å². The molecule has 84 valence electrons. The molecule has 16 heavy (non-hydrogen) atoms. The highest BCUT2D eigenvalue weighted by atomic mass is 16.4. The lowest BCUT2D eigenvalue weighted by molar-refractivity contribution is 0.0686. The molecule has 1 heterocycles. The molecule has 0 bridgehead atoms. The van der Waals surface area contributed by atoms with Gasteiger partial charge in [0.1, 0.15) is 5.69 Å². The number of benzene rings is 1. The number of nitrogens with zero attached hydrogens (tertiary/aromatic N) is 1. The van der Waals surface area contributed by atoms with Crippen molar-refractivity contribution in [1.82, 2.24) is 4.57 Å². The quantitative estimate of drug-likeness (QED) is 0.798. The van der Waals surface area contributed by atoms with E-state index >= 15 is 0 Å². The van der Waals surface area contributed by atoms with Crippen molar-refractivity contribution < 1.29 is 9.90 Å². The van der Waals surface area contributed by atoms with Crippen LogP contribution in [0, 0.1) is 20.8 Å². The lowest BCUT2D eigenvalue weighted by Gasteiger charge is -2.02. The summed E-state index contributed by atoms with van der Waals surface area (Å²) in [7, 11) is 1.80. The molecule has 0 fully saturated rings. The predicted octanol–water partition coefficient (Wildman–Crippen LogP) is 2.80. The van der Waals surface area contributed by atoms with Crippen molar-refractivity contribution in [3.8, 4) is 0 Å². The highest BCUT2D eigenvalue weighted by molar-refractivity contribution is 5.99. The van der Waals surface area contributed by atoms with Gasteiger partial charge in [-0.05, 0) is 43.5 Å². The summed E-state index contributed by atoms with van der Waals surface area (Å²) in [5, 5.41) is 10.2. The van der Waals surface area contributed by atoms with Crippen LogP contribution in [-0.2, 0) is 7.05 Å². The highest BCUT2D eigenvalue weighted by Gasteiger charge is 2.18. The molecule has 0 amide bonds. The topological polar surface area (TPSA) is 42.2 Å². The zero-order valence-electron chi connectivity index (χ0n) is 9.96. The molecule has 1 aromatic heterocycles. The van der Waals surface area contributed by atoms with Crippen molar-refractivity contribution in [3.63, 3.8) is 0 Å². The van der Waals surface area contributed by atoms with Crippen molar-refractivity contribution >= 4 is 16.9 Å². The fourth-order valence-electron chi connectivity index (χ4n) is 2.49. The first-order chi connectivity index (χ1) is 7.43. The number of aryl methyl sites for hydroxylation is 4. The molecule has 0 saturated carbocycles. The zero-order chi connectivity index (χ0) is 12.0. The number of aromatic nitrogens is 1. The maximum atomic E-state index is 11.2. The summed E-state index contributed by atoms with van der Waals surface area (Å²) in [6.07, 6.45) is 0. The summed E-state index contributed by atoms with van der Waals surface area (Å²) < 4.78 is 1.76. The van der Waals surface area contributed by atoms with Gasteiger partial charge < -0.3 is 9.67 Å². The standard InChI is InChI=1S/C13H15NO2/c1-7-5-8(2)11-9(3)12(13(15)16)14(4)10(11)6-7/h5-6H,1-4H3,(H,15,16). The van der Waals surface area contributed by atoms with E-state index in [-0.39, 0.29) is 0 Å². The van der Waals surface area contributed by atoms with E-state index in [0.29, 0.717) is 5.69 Å². The van der Waals surface area contributed by atoms with Crippen LogP contribution in [0.2, 0.25) is 0 Å². The van der Waals surface area contributed by atoms with Gasteiger partial charge in [-0.3, -0.25) is 0 Å². The molecule has 1 N–H and O–H groups in total. The zero-order valence-corrected chi connectivity index (χ0v) is 9.96. The van der Waals surface area contributed by atoms with Gasteiger partial charge >= 0.3 is 5.97 Å². The number of hydrogen-bond acceptors (Lipinski definition) is 1. The van der Waals surface area contributed by atoms with Gasteiger partial charge in [-0.15, -0.1) is 0 Å². The van der Waals surface area contributed by atoms with Crippen molar-refractivity contribution in [1.29, 1.82) is 0 Å². The van der Waals surface area contributed by atoms with Gasteiger partial charge in [-0.25, -0.2) is 4.79 Å². The summed E-state index contributed by atoms with van der Waals surface area (Å²) in [5.41, 5.74) is 4.51. The number of rotatable bonds is 1. The molecule has 0 spiro atoms. The van der Waals surface area contributed by atoms with Crippen LogP contribution in [0.5, 0.6) is 0 Å². The maximum Gasteiger partial charge on any atom is 0.352 e. The predicted molar refractivity (Wildman–Crippen MR) is 64.1 cm³/mol. The molecule has 0 unspecified atom stereocenters. The van der Waals surface area contributed by atoms with Crippen molar-refractivity contribution in [2.45, 2.75) is 20.8 Å². The molecule has 1 aromatic carbocycles. The first-order valence-corrected chi connectivity index (χ1v) is 5.23. The maximum absolute atomic E-state index is 11.2. The summed E-state index contributed by atoms with van der Waals surface area (Å²) in [6, 6.07) is 4.11. The van der Waals surface area contributed by atoms with E-state index in [1.165, 1.54) is 0 Å². The molecule has 2 aromatic rings. The minimum atomic E-state index is -0.867. The van der Waals surface area contributed by atoms with E-state index in [1.54, 1.807) is 11.6 Å². The molecular formula is C13H15NO2. The number of carbonyl (C=O) groups is 1. The average molecular weight is 217 g/mol. The van der Waals surface area contributed by atoms with Crippen LogP contribution in [-0.4, -0.2) is 15.6 Å². The molecular weight excluding hydrogens is 202 g/mol. The van der Waals surface area contributed by atoms with Gasteiger partial charge in [-0.1, -0.05) is 6.07 Å². The van der Waals surface area contributed by atoms with Gasteiger partial charge in [-0.2, -0.15) is 0 Å². The van der Waals surface area contributed by atoms with Gasteiger partial charge in [0.15, 0.2) is 0 Å². The van der Waals surface area contributed by atoms with E-state index in [4.69, 9.17) is 0 Å². The Labute approximate surface area is 94.3 Å². The fraction of sp³-hybridized carbons (Fsp3) is 0.308. The van der Waals surface area contributed by atoms with E-state index in [1.807, 2.05) is 26.8 Å². The van der Waals surface area contributed by atoms with Gasteiger partial charge in [0.25, 0.3) is 0 Å². The molecule has 3 heteroatoms. The molecule has 0 saturated heterocycles. The Balaban J connectivity index is 2.99. The number of carboxylic acid groups (broad SMARTS) is 1. The molecule has 0 aliphatic heterocycles. The molecule has 0 aliphatic rings. The highest BCUT2D eigenvalue weighted by Crippen LogP contribution is 2.28. The Morgan fingerprint density at radius 3 is 2.44 bits per heavy atom. The largest absolute Gasteiger partial charge is 0.477 e. The first kappa shape index (κ1) is 10.7. The van der Waals surface area contributed by atoms with Crippen molar-refractivity contribution in [3.05, 3.63) is 34.5 Å². The number of hydrogen-bond donors (Lipinski definition) is 1. The average Bonchev–Trinajstić information content (AvgIpc) is 2.38. The third-order valence-corrected chi connectivity index (χ3v) is 3.09. The second-order valence-electron chi connectivity index (χ2n) is 4.31. The lowest BCUT2D eigenvalue weighted by atomic mass is 10.0. The first-order valence-electron chi connectivity index (χ1n) is 5.23. The number of carboxylic acids is 1. The number of aromatic carboxylic acids is 1. The monoisotopic (exact) mass is 217 g/mol. The summed E-state index contributed by atoms with van der Waals surface area (Å²) in [6.45, 7) is 5.91. The van der Waals surface area contributed by atoms with Gasteiger partial charge in [0, 0.05) is 18.0 Å². The van der Waals surface area contributed by atoms with Gasteiger partial charge in [0.05, 0.1) is 0 Å². The molecule has 0 aliphatic carbocycles. The third kappa shape index (κ3) is 1.32. The SMILES string of the molecule is Cc1cc(C)c2c(C)c(C(=O)O)n(C)c2c1. The minimum Gasteiger partial charge on any atom is -0.477 e. The van der Waals surface area contributed by atoms with Crippen LogP contribution in [0.4, 0.5) is 0 Å². The van der Waals surface area contributed by atoms with Gasteiger partial charge in [0.2, 0.25) is 0 Å². The van der Waals surface area contributed by atoms with E-state index in [0.717, 1.165) is 27.6 Å². The lowest BCUT2D eigenvalue weighted by Crippen LogP contribution is -2.05. The molecule has 0 atom stereocenters. The molecule has 3 nitrogen and oxygen atoms in total.